The summed E-state index contributed by atoms with van der Waals surface area (Å²) >= 11 is 0. The molecule has 0 saturated heterocycles. The highest BCUT2D eigenvalue weighted by Crippen LogP contribution is 2.31. The minimum atomic E-state index is -4.50. The zero-order valence-corrected chi connectivity index (χ0v) is 15.9. The Labute approximate surface area is 169 Å². The SMILES string of the molecule is CN(C)c1nc(NN=Cc2ccccc2C(F)(F)F)nc(Nc2ccc(F)cc2)n1. The fourth-order valence-electron chi connectivity index (χ4n) is 2.36. The molecule has 2 N–H and O–H groups in total. The largest absolute Gasteiger partial charge is 0.417 e. The van der Waals surface area contributed by atoms with Gasteiger partial charge in [0.15, 0.2) is 0 Å². The molecule has 0 bridgehead atoms. The van der Waals surface area contributed by atoms with Crippen LogP contribution < -0.4 is 15.6 Å². The normalized spacial score (nSPS) is 11.5. The van der Waals surface area contributed by atoms with E-state index in [-0.39, 0.29) is 29.2 Å². The Bertz CT molecular complexity index is 1030. The summed E-state index contributed by atoms with van der Waals surface area (Å²) in [5.74, 6) is 0.0526. The van der Waals surface area contributed by atoms with Gasteiger partial charge in [0, 0.05) is 25.3 Å². The molecule has 11 heteroatoms. The van der Waals surface area contributed by atoms with Gasteiger partial charge in [-0.15, -0.1) is 0 Å². The van der Waals surface area contributed by atoms with E-state index in [1.807, 2.05) is 0 Å². The number of nitrogens with one attached hydrogen (secondary N) is 2. The average molecular weight is 419 g/mol. The summed E-state index contributed by atoms with van der Waals surface area (Å²) < 4.78 is 52.3. The Morgan fingerprint density at radius 3 is 2.27 bits per heavy atom. The maximum Gasteiger partial charge on any atom is 0.417 e. The number of hydrazone groups is 1. The van der Waals surface area contributed by atoms with Crippen molar-refractivity contribution >= 4 is 29.7 Å². The first-order chi connectivity index (χ1) is 14.2. The van der Waals surface area contributed by atoms with E-state index in [1.165, 1.54) is 42.5 Å². The quantitative estimate of drug-likeness (QED) is 0.353. The highest BCUT2D eigenvalue weighted by atomic mass is 19.4. The van der Waals surface area contributed by atoms with Crippen molar-refractivity contribution < 1.29 is 17.6 Å². The highest BCUT2D eigenvalue weighted by Gasteiger charge is 2.32. The van der Waals surface area contributed by atoms with Crippen LogP contribution >= 0.6 is 0 Å². The van der Waals surface area contributed by atoms with E-state index < -0.39 is 11.7 Å². The molecule has 0 amide bonds. The first kappa shape index (κ1) is 21.0. The van der Waals surface area contributed by atoms with Crippen LogP contribution in [0.1, 0.15) is 11.1 Å². The van der Waals surface area contributed by atoms with Crippen LogP contribution in [-0.4, -0.2) is 35.3 Å². The minimum absolute atomic E-state index is 0.0130. The molecule has 0 aliphatic carbocycles. The molecule has 0 spiro atoms. The average Bonchev–Trinajstić information content (AvgIpc) is 2.69. The van der Waals surface area contributed by atoms with Crippen molar-refractivity contribution in [2.24, 2.45) is 5.10 Å². The van der Waals surface area contributed by atoms with Crippen LogP contribution in [0.15, 0.2) is 53.6 Å². The van der Waals surface area contributed by atoms with E-state index in [9.17, 15) is 17.6 Å². The zero-order valence-electron chi connectivity index (χ0n) is 15.9. The van der Waals surface area contributed by atoms with Gasteiger partial charge in [-0.1, -0.05) is 18.2 Å². The molecule has 0 unspecified atom stereocenters. The summed E-state index contributed by atoms with van der Waals surface area (Å²) in [6, 6.07) is 10.6. The van der Waals surface area contributed by atoms with Crippen LogP contribution in [0.4, 0.5) is 41.1 Å². The highest BCUT2D eigenvalue weighted by molar-refractivity contribution is 5.82. The standard InChI is InChI=1S/C19H17F4N7/c1-30(2)18-27-16(25-14-9-7-13(20)8-10-14)26-17(28-18)29-24-11-12-5-3-4-6-15(12)19(21,22)23/h3-11H,1-2H3,(H2,25,26,27,28,29). The number of nitrogens with zero attached hydrogens (tertiary/aromatic N) is 5. The number of alkyl halides is 3. The summed E-state index contributed by atoms with van der Waals surface area (Å²) in [6.07, 6.45) is -3.46. The van der Waals surface area contributed by atoms with Crippen LogP contribution in [0.3, 0.4) is 0 Å². The summed E-state index contributed by atoms with van der Waals surface area (Å²) in [7, 11) is 3.42. The van der Waals surface area contributed by atoms with Gasteiger partial charge in [-0.05, 0) is 30.3 Å². The maximum atomic E-state index is 13.1. The fraction of sp³-hybridized carbons (Fsp3) is 0.158. The first-order valence-corrected chi connectivity index (χ1v) is 8.63. The molecular formula is C19H17F4N7. The van der Waals surface area contributed by atoms with Crippen LogP contribution in [-0.2, 0) is 6.18 Å². The van der Waals surface area contributed by atoms with Gasteiger partial charge in [0.2, 0.25) is 17.8 Å². The second-order valence-electron chi connectivity index (χ2n) is 6.26. The lowest BCUT2D eigenvalue weighted by Crippen LogP contribution is -2.15. The van der Waals surface area contributed by atoms with Gasteiger partial charge in [-0.2, -0.15) is 33.2 Å². The number of aromatic nitrogens is 3. The van der Waals surface area contributed by atoms with Gasteiger partial charge in [-0.3, -0.25) is 0 Å². The summed E-state index contributed by atoms with van der Waals surface area (Å²) in [6.45, 7) is 0. The molecule has 2 aromatic carbocycles. The van der Waals surface area contributed by atoms with Crippen molar-refractivity contribution in [3.8, 4) is 0 Å². The van der Waals surface area contributed by atoms with Crippen molar-refractivity contribution in [2.45, 2.75) is 6.18 Å². The second kappa shape index (κ2) is 8.72. The molecule has 7 nitrogen and oxygen atoms in total. The predicted molar refractivity (Wildman–Crippen MR) is 106 cm³/mol. The molecule has 0 fully saturated rings. The van der Waals surface area contributed by atoms with Gasteiger partial charge in [0.1, 0.15) is 5.82 Å². The lowest BCUT2D eigenvalue weighted by Gasteiger charge is -2.13. The summed E-state index contributed by atoms with van der Waals surface area (Å²) in [4.78, 5) is 14.1. The van der Waals surface area contributed by atoms with Gasteiger partial charge < -0.3 is 10.2 Å². The molecule has 3 aromatic rings. The van der Waals surface area contributed by atoms with Crippen LogP contribution in [0.5, 0.6) is 0 Å². The Morgan fingerprint density at radius 1 is 0.933 bits per heavy atom. The van der Waals surface area contributed by atoms with Crippen molar-refractivity contribution in [3.05, 3.63) is 65.5 Å². The molecule has 3 rings (SSSR count). The molecule has 0 aliphatic heterocycles. The monoisotopic (exact) mass is 419 g/mol. The number of hydrogen-bond acceptors (Lipinski definition) is 7. The van der Waals surface area contributed by atoms with Crippen molar-refractivity contribution in [1.82, 2.24) is 15.0 Å². The topological polar surface area (TPSA) is 78.3 Å². The molecule has 156 valence electrons. The maximum absolute atomic E-state index is 13.1. The van der Waals surface area contributed by atoms with Crippen molar-refractivity contribution in [1.29, 1.82) is 0 Å². The van der Waals surface area contributed by atoms with Gasteiger partial charge >= 0.3 is 6.18 Å². The smallest absolute Gasteiger partial charge is 0.347 e. The Balaban J connectivity index is 1.83. The third kappa shape index (κ3) is 5.40. The Morgan fingerprint density at radius 2 is 1.60 bits per heavy atom. The predicted octanol–water partition coefficient (Wildman–Crippen LogP) is 4.29. The van der Waals surface area contributed by atoms with Crippen LogP contribution in [0, 0.1) is 5.82 Å². The molecular weight excluding hydrogens is 402 g/mol. The molecule has 1 aromatic heterocycles. The number of hydrogen-bond donors (Lipinski definition) is 2. The zero-order chi connectivity index (χ0) is 21.7. The van der Waals surface area contributed by atoms with Gasteiger partial charge in [0.25, 0.3) is 0 Å². The second-order valence-corrected chi connectivity index (χ2v) is 6.26. The number of benzene rings is 2. The van der Waals surface area contributed by atoms with Crippen molar-refractivity contribution in [2.75, 3.05) is 29.7 Å². The third-order valence-electron chi connectivity index (χ3n) is 3.76. The van der Waals surface area contributed by atoms with E-state index in [4.69, 9.17) is 0 Å². The third-order valence-corrected chi connectivity index (χ3v) is 3.76. The van der Waals surface area contributed by atoms with Gasteiger partial charge in [-0.25, -0.2) is 9.82 Å². The summed E-state index contributed by atoms with van der Waals surface area (Å²) in [5.41, 5.74) is 2.14. The van der Waals surface area contributed by atoms with E-state index in [2.05, 4.69) is 30.8 Å². The van der Waals surface area contributed by atoms with Gasteiger partial charge in [0.05, 0.1) is 11.8 Å². The summed E-state index contributed by atoms with van der Waals surface area (Å²) in [5, 5.41) is 6.73. The van der Waals surface area contributed by atoms with E-state index >= 15 is 0 Å². The molecule has 0 radical (unpaired) electrons. The first-order valence-electron chi connectivity index (χ1n) is 8.63. The van der Waals surface area contributed by atoms with Crippen LogP contribution in [0.25, 0.3) is 0 Å². The number of halogens is 4. The Kier molecular flexibility index (Phi) is 6.09. The number of anilines is 4. The fourth-order valence-corrected chi connectivity index (χ4v) is 2.36. The molecule has 1 heterocycles. The minimum Gasteiger partial charge on any atom is -0.347 e. The molecule has 0 atom stereocenters. The molecule has 0 aliphatic rings. The lowest BCUT2D eigenvalue weighted by atomic mass is 10.1. The van der Waals surface area contributed by atoms with Crippen LogP contribution in [0.2, 0.25) is 0 Å². The number of rotatable bonds is 6. The van der Waals surface area contributed by atoms with E-state index in [0.717, 1.165) is 12.3 Å². The molecule has 0 saturated carbocycles. The van der Waals surface area contributed by atoms with E-state index in [0.29, 0.717) is 5.69 Å². The molecule has 30 heavy (non-hydrogen) atoms. The van der Waals surface area contributed by atoms with Crippen molar-refractivity contribution in [3.63, 3.8) is 0 Å². The Hall–Kier alpha value is -3.76. The lowest BCUT2D eigenvalue weighted by molar-refractivity contribution is -0.137. The van der Waals surface area contributed by atoms with E-state index in [1.54, 1.807) is 19.0 Å².